The van der Waals surface area contributed by atoms with E-state index in [1.807, 2.05) is 0 Å². The fourth-order valence-electron chi connectivity index (χ4n) is 2.68. The van der Waals surface area contributed by atoms with Crippen LogP contribution in [0.3, 0.4) is 0 Å². The lowest BCUT2D eigenvalue weighted by molar-refractivity contribution is -0.121. The van der Waals surface area contributed by atoms with Crippen molar-refractivity contribution in [1.82, 2.24) is 19.4 Å². The number of nitrogens with one attached hydrogen (secondary N) is 1. The van der Waals surface area contributed by atoms with Crippen LogP contribution in [0, 0.1) is 5.92 Å². The van der Waals surface area contributed by atoms with Crippen LogP contribution in [0.2, 0.25) is 0 Å². The average molecular weight is 317 g/mol. The largest absolute Gasteiger partial charge is 0.369 e. The molecule has 0 saturated carbocycles. The lowest BCUT2D eigenvalue weighted by Gasteiger charge is -2.15. The zero-order chi connectivity index (χ0) is 16.7. The number of amides is 2. The molecule has 23 heavy (non-hydrogen) atoms. The third-order valence-corrected chi connectivity index (χ3v) is 4.06. The first kappa shape index (κ1) is 14.9. The first-order chi connectivity index (χ1) is 10.9. The van der Waals surface area contributed by atoms with Crippen LogP contribution in [-0.2, 0) is 11.8 Å². The van der Waals surface area contributed by atoms with Crippen molar-refractivity contribution in [2.75, 3.05) is 13.1 Å². The molecule has 0 radical (unpaired) electrons. The summed E-state index contributed by atoms with van der Waals surface area (Å²) >= 11 is 0. The Morgan fingerprint density at radius 1 is 1.35 bits per heavy atom. The van der Waals surface area contributed by atoms with Crippen LogP contribution < -0.4 is 17.0 Å². The quantitative estimate of drug-likeness (QED) is 0.701. The second kappa shape index (κ2) is 5.34. The highest BCUT2D eigenvalue weighted by Gasteiger charge is 2.30. The van der Waals surface area contributed by atoms with Gasteiger partial charge >= 0.3 is 5.69 Å². The highest BCUT2D eigenvalue weighted by atomic mass is 16.2. The van der Waals surface area contributed by atoms with Crippen LogP contribution in [0.25, 0.3) is 11.0 Å². The molecule has 1 fully saturated rings. The molecule has 0 unspecified atom stereocenters. The summed E-state index contributed by atoms with van der Waals surface area (Å²) in [4.78, 5) is 54.9. The van der Waals surface area contributed by atoms with Gasteiger partial charge in [-0.2, -0.15) is 0 Å². The molecule has 2 amide bonds. The van der Waals surface area contributed by atoms with Crippen molar-refractivity contribution < 1.29 is 9.59 Å². The van der Waals surface area contributed by atoms with Gasteiger partial charge in [-0.1, -0.05) is 0 Å². The maximum atomic E-state index is 12.5. The van der Waals surface area contributed by atoms with E-state index in [4.69, 9.17) is 5.73 Å². The first-order valence-corrected chi connectivity index (χ1v) is 7.07. The van der Waals surface area contributed by atoms with Crippen LogP contribution >= 0.6 is 0 Å². The Morgan fingerprint density at radius 3 is 2.74 bits per heavy atom. The van der Waals surface area contributed by atoms with Gasteiger partial charge in [0.15, 0.2) is 0 Å². The summed E-state index contributed by atoms with van der Waals surface area (Å²) in [5, 5.41) is 0.222. The molecule has 1 aliphatic heterocycles. The van der Waals surface area contributed by atoms with E-state index in [0.29, 0.717) is 13.0 Å². The minimum absolute atomic E-state index is 0.114. The highest BCUT2D eigenvalue weighted by Crippen LogP contribution is 2.18. The van der Waals surface area contributed by atoms with Crippen molar-refractivity contribution in [3.8, 4) is 0 Å². The molecule has 120 valence electrons. The summed E-state index contributed by atoms with van der Waals surface area (Å²) in [7, 11) is 1.46. The van der Waals surface area contributed by atoms with Gasteiger partial charge in [0.05, 0.1) is 11.3 Å². The molecule has 1 atom stereocenters. The van der Waals surface area contributed by atoms with Crippen LogP contribution in [-0.4, -0.2) is 44.3 Å². The van der Waals surface area contributed by atoms with Gasteiger partial charge in [0.2, 0.25) is 5.91 Å². The Bertz CT molecular complexity index is 929. The predicted octanol–water partition coefficient (Wildman–Crippen LogP) is -1.43. The van der Waals surface area contributed by atoms with Gasteiger partial charge in [-0.15, -0.1) is 0 Å². The Hall–Kier alpha value is -2.97. The van der Waals surface area contributed by atoms with Crippen molar-refractivity contribution in [3.05, 3.63) is 38.7 Å². The number of rotatable bonds is 2. The molecule has 2 aromatic heterocycles. The van der Waals surface area contributed by atoms with Gasteiger partial charge in [0.25, 0.3) is 11.5 Å². The lowest BCUT2D eigenvalue weighted by atomic mass is 10.1. The topological polar surface area (TPSA) is 131 Å². The van der Waals surface area contributed by atoms with Crippen molar-refractivity contribution in [2.24, 2.45) is 18.7 Å². The molecule has 0 aromatic carbocycles. The van der Waals surface area contributed by atoms with Crippen molar-refractivity contribution in [1.29, 1.82) is 0 Å². The standard InChI is InChI=1S/C14H15N5O4/c1-18-11-8(12(21)17-14(18)23)2-3-9(16-11)13(22)19-5-4-7(6-19)10(15)20/h2-3,7H,4-6H2,1H3,(H2,15,20)(H,17,21,23)/t7-/m0/s1. The summed E-state index contributed by atoms with van der Waals surface area (Å²) in [6.45, 7) is 0.669. The van der Waals surface area contributed by atoms with Crippen molar-refractivity contribution in [3.63, 3.8) is 0 Å². The molecule has 1 aliphatic rings. The molecule has 2 aromatic rings. The van der Waals surface area contributed by atoms with Crippen LogP contribution in [0.5, 0.6) is 0 Å². The average Bonchev–Trinajstić information content (AvgIpc) is 3.01. The number of pyridine rings is 1. The molecular weight excluding hydrogens is 302 g/mol. The summed E-state index contributed by atoms with van der Waals surface area (Å²) < 4.78 is 1.17. The molecule has 9 nitrogen and oxygen atoms in total. The molecule has 3 heterocycles. The van der Waals surface area contributed by atoms with Crippen LogP contribution in [0.15, 0.2) is 21.7 Å². The van der Waals surface area contributed by atoms with E-state index >= 15 is 0 Å². The molecule has 3 rings (SSSR count). The molecule has 0 spiro atoms. The third kappa shape index (κ3) is 2.50. The summed E-state index contributed by atoms with van der Waals surface area (Å²) in [6.07, 6.45) is 0.521. The van der Waals surface area contributed by atoms with E-state index < -0.39 is 17.2 Å². The number of H-pyrrole nitrogens is 1. The minimum Gasteiger partial charge on any atom is -0.369 e. The number of primary amides is 1. The van der Waals surface area contributed by atoms with Crippen molar-refractivity contribution >= 4 is 22.8 Å². The summed E-state index contributed by atoms with van der Waals surface area (Å²) in [6, 6.07) is 2.89. The van der Waals surface area contributed by atoms with Gasteiger partial charge in [-0.05, 0) is 18.6 Å². The second-order valence-corrected chi connectivity index (χ2v) is 5.53. The number of aromatic nitrogens is 3. The fourth-order valence-corrected chi connectivity index (χ4v) is 2.68. The van der Waals surface area contributed by atoms with Crippen LogP contribution in [0.1, 0.15) is 16.9 Å². The Morgan fingerprint density at radius 2 is 2.09 bits per heavy atom. The Balaban J connectivity index is 1.99. The molecule has 0 aliphatic carbocycles. The number of hydrogen-bond donors (Lipinski definition) is 2. The van der Waals surface area contributed by atoms with E-state index in [9.17, 15) is 19.2 Å². The molecule has 3 N–H and O–H groups in total. The number of fused-ring (bicyclic) bond motifs is 1. The molecule has 1 saturated heterocycles. The smallest absolute Gasteiger partial charge is 0.329 e. The first-order valence-electron chi connectivity index (χ1n) is 7.07. The predicted molar refractivity (Wildman–Crippen MR) is 80.8 cm³/mol. The number of aromatic amines is 1. The number of nitrogens with zero attached hydrogens (tertiary/aromatic N) is 3. The third-order valence-electron chi connectivity index (χ3n) is 4.06. The number of carbonyl (C=O) groups is 2. The molecular formula is C14H15N5O4. The molecule has 9 heteroatoms. The zero-order valence-corrected chi connectivity index (χ0v) is 12.4. The number of carbonyl (C=O) groups excluding carboxylic acids is 2. The van der Waals surface area contributed by atoms with Gasteiger partial charge in [0.1, 0.15) is 11.3 Å². The second-order valence-electron chi connectivity index (χ2n) is 5.53. The maximum absolute atomic E-state index is 12.5. The van der Waals surface area contributed by atoms with Gasteiger partial charge in [0, 0.05) is 20.1 Å². The van der Waals surface area contributed by atoms with E-state index in [1.54, 1.807) is 0 Å². The normalized spacial score (nSPS) is 17.6. The highest BCUT2D eigenvalue weighted by molar-refractivity contribution is 5.95. The Labute approximate surface area is 129 Å². The maximum Gasteiger partial charge on any atom is 0.329 e. The number of aryl methyl sites for hydroxylation is 1. The van der Waals surface area contributed by atoms with Gasteiger partial charge in [-0.25, -0.2) is 9.78 Å². The fraction of sp³-hybridized carbons (Fsp3) is 0.357. The number of nitrogens with two attached hydrogens (primary N) is 1. The lowest BCUT2D eigenvalue weighted by Crippen LogP contribution is -2.33. The minimum atomic E-state index is -0.602. The van der Waals surface area contributed by atoms with Crippen LogP contribution in [0.4, 0.5) is 0 Å². The van der Waals surface area contributed by atoms with Gasteiger partial charge in [-0.3, -0.25) is 23.9 Å². The number of likely N-dealkylation sites (tertiary alicyclic amines) is 1. The summed E-state index contributed by atoms with van der Waals surface area (Å²) in [5.74, 6) is -1.14. The number of hydrogen-bond acceptors (Lipinski definition) is 5. The van der Waals surface area contributed by atoms with E-state index in [1.165, 1.54) is 28.6 Å². The zero-order valence-electron chi connectivity index (χ0n) is 12.4. The van der Waals surface area contributed by atoms with E-state index in [-0.39, 0.29) is 35.1 Å². The summed E-state index contributed by atoms with van der Waals surface area (Å²) in [5.41, 5.74) is 4.35. The Kier molecular flexibility index (Phi) is 3.47. The monoisotopic (exact) mass is 317 g/mol. The van der Waals surface area contributed by atoms with E-state index in [2.05, 4.69) is 9.97 Å². The van der Waals surface area contributed by atoms with E-state index in [0.717, 1.165) is 0 Å². The van der Waals surface area contributed by atoms with Crippen molar-refractivity contribution in [2.45, 2.75) is 6.42 Å². The SMILES string of the molecule is Cn1c(=O)[nH]c(=O)c2ccc(C(=O)N3CC[C@H](C(N)=O)C3)nc21. The van der Waals surface area contributed by atoms with Gasteiger partial charge < -0.3 is 10.6 Å². The molecule has 0 bridgehead atoms.